The molecule has 3 rings (SSSR count). The third kappa shape index (κ3) is 4.26. The molecule has 0 bridgehead atoms. The third-order valence-electron chi connectivity index (χ3n) is 3.99. The highest BCUT2D eigenvalue weighted by Gasteiger charge is 2.13. The molecule has 0 unspecified atom stereocenters. The molecule has 0 spiro atoms. The Morgan fingerprint density at radius 3 is 2.62 bits per heavy atom. The molecule has 4 nitrogen and oxygen atoms in total. The van der Waals surface area contributed by atoms with Crippen molar-refractivity contribution in [1.82, 2.24) is 4.98 Å². The molecule has 0 aliphatic rings. The number of aryl methyl sites for hydroxylation is 2. The second-order valence-corrected chi connectivity index (χ2v) is 7.00. The molecular formula is C20H19FN2O2S. The number of methoxy groups -OCH3 is 1. The van der Waals surface area contributed by atoms with Crippen molar-refractivity contribution in [3.8, 4) is 17.0 Å². The Hall–Kier alpha value is -2.73. The van der Waals surface area contributed by atoms with Crippen molar-refractivity contribution in [1.29, 1.82) is 0 Å². The Balaban J connectivity index is 1.65. The minimum absolute atomic E-state index is 0.178. The van der Waals surface area contributed by atoms with E-state index in [-0.39, 0.29) is 18.1 Å². The number of benzene rings is 2. The van der Waals surface area contributed by atoms with Gasteiger partial charge < -0.3 is 10.1 Å². The number of aromatic nitrogens is 1. The van der Waals surface area contributed by atoms with Crippen LogP contribution in [0.2, 0.25) is 0 Å². The molecule has 1 heterocycles. The van der Waals surface area contributed by atoms with Gasteiger partial charge in [-0.05, 0) is 49.2 Å². The molecule has 26 heavy (non-hydrogen) atoms. The van der Waals surface area contributed by atoms with Crippen LogP contribution >= 0.6 is 11.3 Å². The quantitative estimate of drug-likeness (QED) is 0.676. The molecule has 6 heteroatoms. The average molecular weight is 370 g/mol. The molecule has 0 saturated carbocycles. The number of amides is 1. The molecule has 0 saturated heterocycles. The Kier molecular flexibility index (Phi) is 5.63. The van der Waals surface area contributed by atoms with Crippen molar-refractivity contribution in [2.75, 3.05) is 12.4 Å². The summed E-state index contributed by atoms with van der Waals surface area (Å²) in [5.74, 6) is 0.318. The first-order chi connectivity index (χ1) is 12.6. The lowest BCUT2D eigenvalue weighted by Crippen LogP contribution is -2.12. The van der Waals surface area contributed by atoms with E-state index in [0.717, 1.165) is 21.9 Å². The van der Waals surface area contributed by atoms with Crippen LogP contribution in [-0.2, 0) is 11.2 Å². The van der Waals surface area contributed by atoms with Crippen molar-refractivity contribution in [3.05, 3.63) is 64.8 Å². The molecule has 1 aromatic heterocycles. The summed E-state index contributed by atoms with van der Waals surface area (Å²) in [5.41, 5.74) is 2.34. The summed E-state index contributed by atoms with van der Waals surface area (Å²) in [4.78, 5) is 17.7. The smallest absolute Gasteiger partial charge is 0.226 e. The number of rotatable bonds is 6. The van der Waals surface area contributed by atoms with Gasteiger partial charge >= 0.3 is 0 Å². The van der Waals surface area contributed by atoms with Crippen LogP contribution in [0.25, 0.3) is 11.3 Å². The lowest BCUT2D eigenvalue weighted by molar-refractivity contribution is -0.116. The minimum atomic E-state index is -0.285. The van der Waals surface area contributed by atoms with Crippen molar-refractivity contribution in [2.45, 2.75) is 19.8 Å². The maximum absolute atomic E-state index is 13.6. The number of hydrogen-bond acceptors (Lipinski definition) is 4. The van der Waals surface area contributed by atoms with Crippen molar-refractivity contribution >= 4 is 22.4 Å². The summed E-state index contributed by atoms with van der Waals surface area (Å²) in [7, 11) is 1.62. The topological polar surface area (TPSA) is 51.2 Å². The van der Waals surface area contributed by atoms with E-state index in [0.29, 0.717) is 17.1 Å². The summed E-state index contributed by atoms with van der Waals surface area (Å²) in [6.45, 7) is 1.96. The van der Waals surface area contributed by atoms with Crippen LogP contribution in [0.1, 0.15) is 16.9 Å². The van der Waals surface area contributed by atoms with E-state index in [4.69, 9.17) is 4.74 Å². The average Bonchev–Trinajstić information content (AvgIpc) is 3.01. The number of carbonyl (C=O) groups excluding carboxylic acids is 1. The molecule has 0 aliphatic carbocycles. The van der Waals surface area contributed by atoms with E-state index < -0.39 is 0 Å². The van der Waals surface area contributed by atoms with E-state index in [2.05, 4.69) is 10.3 Å². The van der Waals surface area contributed by atoms with Gasteiger partial charge in [-0.25, -0.2) is 9.37 Å². The highest BCUT2D eigenvalue weighted by molar-refractivity contribution is 7.16. The van der Waals surface area contributed by atoms with Crippen LogP contribution in [0.3, 0.4) is 0 Å². The zero-order valence-corrected chi connectivity index (χ0v) is 15.4. The molecular weight excluding hydrogens is 351 g/mol. The fraction of sp³-hybridized carbons (Fsp3) is 0.200. The van der Waals surface area contributed by atoms with Crippen molar-refractivity contribution in [2.24, 2.45) is 0 Å². The highest BCUT2D eigenvalue weighted by atomic mass is 32.1. The predicted octanol–water partition coefficient (Wildman–Crippen LogP) is 4.84. The number of anilines is 1. The minimum Gasteiger partial charge on any atom is -0.497 e. The first-order valence-corrected chi connectivity index (χ1v) is 9.03. The SMILES string of the molecule is COc1ccc(-c2nc(NC(=O)CCc3ccccc3F)sc2C)cc1. The first kappa shape index (κ1) is 18.1. The Bertz CT molecular complexity index is 906. The van der Waals surface area contributed by atoms with Crippen molar-refractivity contribution in [3.63, 3.8) is 0 Å². The van der Waals surface area contributed by atoms with E-state index in [1.807, 2.05) is 31.2 Å². The van der Waals surface area contributed by atoms with Gasteiger partial charge in [0.1, 0.15) is 11.6 Å². The summed E-state index contributed by atoms with van der Waals surface area (Å²) < 4.78 is 18.8. The van der Waals surface area contributed by atoms with E-state index >= 15 is 0 Å². The molecule has 1 amide bonds. The largest absolute Gasteiger partial charge is 0.497 e. The van der Waals surface area contributed by atoms with Gasteiger partial charge in [-0.2, -0.15) is 0 Å². The number of thiazole rings is 1. The monoisotopic (exact) mass is 370 g/mol. The molecule has 1 N–H and O–H groups in total. The number of ether oxygens (including phenoxy) is 1. The second-order valence-electron chi connectivity index (χ2n) is 5.79. The number of nitrogens with one attached hydrogen (secondary N) is 1. The van der Waals surface area contributed by atoms with Crippen LogP contribution in [0.4, 0.5) is 9.52 Å². The molecule has 0 radical (unpaired) electrons. The van der Waals surface area contributed by atoms with Gasteiger partial charge in [0, 0.05) is 16.9 Å². The van der Waals surface area contributed by atoms with Crippen LogP contribution in [-0.4, -0.2) is 18.0 Å². The van der Waals surface area contributed by atoms with E-state index in [1.54, 1.807) is 25.3 Å². The molecule has 0 aliphatic heterocycles. The summed E-state index contributed by atoms with van der Waals surface area (Å²) in [6.07, 6.45) is 0.561. The summed E-state index contributed by atoms with van der Waals surface area (Å²) in [5, 5.41) is 3.35. The van der Waals surface area contributed by atoms with Gasteiger partial charge in [0.05, 0.1) is 12.8 Å². The molecule has 3 aromatic rings. The number of nitrogens with zero attached hydrogens (tertiary/aromatic N) is 1. The number of halogens is 1. The lowest BCUT2D eigenvalue weighted by atomic mass is 10.1. The van der Waals surface area contributed by atoms with Gasteiger partial charge in [0.25, 0.3) is 0 Å². The predicted molar refractivity (Wildman–Crippen MR) is 102 cm³/mol. The summed E-state index contributed by atoms with van der Waals surface area (Å²) >= 11 is 1.42. The molecule has 134 valence electrons. The second kappa shape index (κ2) is 8.10. The normalized spacial score (nSPS) is 10.6. The maximum atomic E-state index is 13.6. The Morgan fingerprint density at radius 1 is 1.19 bits per heavy atom. The van der Waals surface area contributed by atoms with Gasteiger partial charge in [0.2, 0.25) is 5.91 Å². The van der Waals surface area contributed by atoms with E-state index in [1.165, 1.54) is 17.4 Å². The number of hydrogen-bond donors (Lipinski definition) is 1. The fourth-order valence-corrected chi connectivity index (χ4v) is 3.45. The van der Waals surface area contributed by atoms with Gasteiger partial charge in [-0.1, -0.05) is 18.2 Å². The Labute approximate surface area is 155 Å². The molecule has 2 aromatic carbocycles. The van der Waals surface area contributed by atoms with Gasteiger partial charge in [-0.15, -0.1) is 11.3 Å². The van der Waals surface area contributed by atoms with Crippen LogP contribution in [0.15, 0.2) is 48.5 Å². The van der Waals surface area contributed by atoms with Crippen molar-refractivity contribution < 1.29 is 13.9 Å². The van der Waals surface area contributed by atoms with Crippen LogP contribution < -0.4 is 10.1 Å². The summed E-state index contributed by atoms with van der Waals surface area (Å²) in [6, 6.07) is 14.1. The molecule has 0 atom stereocenters. The highest BCUT2D eigenvalue weighted by Crippen LogP contribution is 2.31. The lowest BCUT2D eigenvalue weighted by Gasteiger charge is -2.03. The zero-order chi connectivity index (χ0) is 18.5. The number of carbonyl (C=O) groups is 1. The Morgan fingerprint density at radius 2 is 1.92 bits per heavy atom. The first-order valence-electron chi connectivity index (χ1n) is 8.22. The van der Waals surface area contributed by atoms with Crippen LogP contribution in [0, 0.1) is 12.7 Å². The van der Waals surface area contributed by atoms with Gasteiger partial charge in [-0.3, -0.25) is 4.79 Å². The fourth-order valence-electron chi connectivity index (χ4n) is 2.60. The third-order valence-corrected chi connectivity index (χ3v) is 4.87. The van der Waals surface area contributed by atoms with Gasteiger partial charge in [0.15, 0.2) is 5.13 Å². The van der Waals surface area contributed by atoms with E-state index in [9.17, 15) is 9.18 Å². The standard InChI is InChI=1S/C20H19FN2O2S/c1-13-19(15-7-10-16(25-2)11-8-15)23-20(26-13)22-18(24)12-9-14-5-3-4-6-17(14)21/h3-8,10-11H,9,12H2,1-2H3,(H,22,23,24). The van der Waals surface area contributed by atoms with Crippen LogP contribution in [0.5, 0.6) is 5.75 Å². The zero-order valence-electron chi connectivity index (χ0n) is 14.6. The maximum Gasteiger partial charge on any atom is 0.226 e. The molecule has 0 fully saturated rings.